The molecule has 0 fully saturated rings. The van der Waals surface area contributed by atoms with Gasteiger partial charge in [0.1, 0.15) is 5.82 Å². The number of likely N-dealkylation sites (N-methyl/N-ethyl adjacent to an activating group) is 1. The zero-order chi connectivity index (χ0) is 13.7. The Kier molecular flexibility index (Phi) is 5.28. The van der Waals surface area contributed by atoms with Gasteiger partial charge in [0.15, 0.2) is 0 Å². The smallest absolute Gasteiger partial charge is 0.223 e. The van der Waals surface area contributed by atoms with Gasteiger partial charge in [-0.05, 0) is 30.5 Å². The lowest BCUT2D eigenvalue weighted by Crippen LogP contribution is -2.40. The van der Waals surface area contributed by atoms with Crippen molar-refractivity contribution in [1.29, 1.82) is 0 Å². The van der Waals surface area contributed by atoms with Crippen LogP contribution in [0.5, 0.6) is 0 Å². The summed E-state index contributed by atoms with van der Waals surface area (Å²) in [5, 5.41) is 0. The Hall–Kier alpha value is -1.42. The van der Waals surface area contributed by atoms with Crippen molar-refractivity contribution >= 4 is 5.91 Å². The number of nitrogens with zero attached hydrogens (tertiary/aromatic N) is 1. The highest BCUT2D eigenvalue weighted by molar-refractivity contribution is 5.77. The van der Waals surface area contributed by atoms with E-state index in [0.29, 0.717) is 13.0 Å². The van der Waals surface area contributed by atoms with Gasteiger partial charge in [-0.3, -0.25) is 4.79 Å². The second-order valence-electron chi connectivity index (χ2n) is 4.75. The lowest BCUT2D eigenvalue weighted by Gasteiger charge is -2.25. The normalized spacial score (nSPS) is 14.1. The summed E-state index contributed by atoms with van der Waals surface area (Å²) in [6.07, 6.45) is 0.365. The molecule has 2 unspecified atom stereocenters. The first-order valence-corrected chi connectivity index (χ1v) is 6.17. The number of carbonyl (C=O) groups is 1. The summed E-state index contributed by atoms with van der Waals surface area (Å²) in [5.74, 6) is -0.235. The number of amides is 1. The highest BCUT2D eigenvalue weighted by atomic mass is 19.1. The fourth-order valence-corrected chi connectivity index (χ4v) is 1.74. The van der Waals surface area contributed by atoms with Gasteiger partial charge in [0.25, 0.3) is 0 Å². The Morgan fingerprint density at radius 3 is 2.67 bits per heavy atom. The summed E-state index contributed by atoms with van der Waals surface area (Å²) in [4.78, 5) is 13.6. The van der Waals surface area contributed by atoms with Crippen molar-refractivity contribution in [3.05, 3.63) is 35.6 Å². The number of carbonyl (C=O) groups excluding carboxylic acids is 1. The SMILES string of the molecule is CC(CC(=O)N(C)C(C)CN)c1cccc(F)c1. The monoisotopic (exact) mass is 252 g/mol. The van der Waals surface area contributed by atoms with Gasteiger partial charge in [-0.15, -0.1) is 0 Å². The summed E-state index contributed by atoms with van der Waals surface area (Å²) in [5.41, 5.74) is 6.37. The summed E-state index contributed by atoms with van der Waals surface area (Å²) in [6.45, 7) is 4.27. The number of hydrogen-bond acceptors (Lipinski definition) is 2. The van der Waals surface area contributed by atoms with E-state index in [1.807, 2.05) is 19.9 Å². The molecule has 0 saturated heterocycles. The van der Waals surface area contributed by atoms with Crippen LogP contribution in [-0.4, -0.2) is 30.4 Å². The molecule has 0 aromatic heterocycles. The highest BCUT2D eigenvalue weighted by Gasteiger charge is 2.18. The molecule has 1 aromatic rings. The molecule has 1 aromatic carbocycles. The Morgan fingerprint density at radius 2 is 2.11 bits per heavy atom. The van der Waals surface area contributed by atoms with Crippen molar-refractivity contribution in [3.8, 4) is 0 Å². The number of nitrogens with two attached hydrogens (primary N) is 1. The maximum Gasteiger partial charge on any atom is 0.223 e. The zero-order valence-corrected chi connectivity index (χ0v) is 11.2. The molecule has 18 heavy (non-hydrogen) atoms. The van der Waals surface area contributed by atoms with Crippen LogP contribution in [0.25, 0.3) is 0 Å². The van der Waals surface area contributed by atoms with Gasteiger partial charge in [0.2, 0.25) is 5.91 Å². The predicted molar refractivity (Wildman–Crippen MR) is 70.7 cm³/mol. The summed E-state index contributed by atoms with van der Waals surface area (Å²) < 4.78 is 13.1. The molecule has 0 saturated carbocycles. The molecule has 3 nitrogen and oxygen atoms in total. The molecule has 2 N–H and O–H groups in total. The third-order valence-corrected chi connectivity index (χ3v) is 3.29. The van der Waals surface area contributed by atoms with Crippen LogP contribution in [0.4, 0.5) is 4.39 Å². The molecule has 1 amide bonds. The average molecular weight is 252 g/mol. The maximum atomic E-state index is 13.1. The van der Waals surface area contributed by atoms with Crippen LogP contribution in [0, 0.1) is 5.82 Å². The molecule has 0 aliphatic carbocycles. The fraction of sp³-hybridized carbons (Fsp3) is 0.500. The van der Waals surface area contributed by atoms with Crippen molar-refractivity contribution < 1.29 is 9.18 Å². The van der Waals surface area contributed by atoms with Gasteiger partial charge in [0.05, 0.1) is 0 Å². The Bertz CT molecular complexity index is 409. The van der Waals surface area contributed by atoms with Gasteiger partial charge in [0, 0.05) is 26.1 Å². The molecule has 0 spiro atoms. The maximum absolute atomic E-state index is 13.1. The third-order valence-electron chi connectivity index (χ3n) is 3.29. The van der Waals surface area contributed by atoms with Gasteiger partial charge in [-0.2, -0.15) is 0 Å². The highest BCUT2D eigenvalue weighted by Crippen LogP contribution is 2.20. The molecule has 0 bridgehead atoms. The zero-order valence-electron chi connectivity index (χ0n) is 11.2. The quantitative estimate of drug-likeness (QED) is 0.872. The lowest BCUT2D eigenvalue weighted by molar-refractivity contribution is -0.131. The number of halogens is 1. The van der Waals surface area contributed by atoms with Gasteiger partial charge >= 0.3 is 0 Å². The van der Waals surface area contributed by atoms with Gasteiger partial charge < -0.3 is 10.6 Å². The van der Waals surface area contributed by atoms with Crippen LogP contribution in [0.3, 0.4) is 0 Å². The first-order chi connectivity index (χ1) is 8.45. The molecular formula is C14H21FN2O. The van der Waals surface area contributed by atoms with Crippen LogP contribution in [0.15, 0.2) is 24.3 Å². The molecule has 4 heteroatoms. The summed E-state index contributed by atoms with van der Waals surface area (Å²) in [6, 6.07) is 6.41. The van der Waals surface area contributed by atoms with Crippen molar-refractivity contribution in [3.63, 3.8) is 0 Å². The minimum absolute atomic E-state index is 0.000578. The Labute approximate surface area is 108 Å². The molecule has 0 radical (unpaired) electrons. The molecule has 2 atom stereocenters. The first-order valence-electron chi connectivity index (χ1n) is 6.17. The largest absolute Gasteiger partial charge is 0.342 e. The third kappa shape index (κ3) is 3.81. The molecule has 0 heterocycles. The standard InChI is InChI=1S/C14H21FN2O/c1-10(12-5-4-6-13(15)8-12)7-14(18)17(3)11(2)9-16/h4-6,8,10-11H,7,9,16H2,1-3H3. The number of hydrogen-bond donors (Lipinski definition) is 1. The molecule has 1 rings (SSSR count). The molecule has 0 aliphatic heterocycles. The van der Waals surface area contributed by atoms with E-state index in [1.54, 1.807) is 18.0 Å². The first kappa shape index (κ1) is 14.6. The minimum Gasteiger partial charge on any atom is -0.342 e. The van der Waals surface area contributed by atoms with E-state index in [9.17, 15) is 9.18 Å². The van der Waals surface area contributed by atoms with Crippen molar-refractivity contribution in [1.82, 2.24) is 4.90 Å². The number of benzene rings is 1. The van der Waals surface area contributed by atoms with Crippen LogP contribution in [-0.2, 0) is 4.79 Å². The second-order valence-corrected chi connectivity index (χ2v) is 4.75. The summed E-state index contributed by atoms with van der Waals surface area (Å²) >= 11 is 0. The van der Waals surface area contributed by atoms with Crippen molar-refractivity contribution in [2.24, 2.45) is 5.73 Å². The lowest BCUT2D eigenvalue weighted by atomic mass is 9.97. The predicted octanol–water partition coefficient (Wildman–Crippen LogP) is 2.12. The van der Waals surface area contributed by atoms with Crippen LogP contribution in [0.1, 0.15) is 31.7 Å². The van der Waals surface area contributed by atoms with Crippen molar-refractivity contribution in [2.75, 3.05) is 13.6 Å². The topological polar surface area (TPSA) is 46.3 Å². The molecule has 0 aliphatic rings. The molecular weight excluding hydrogens is 231 g/mol. The van der Waals surface area contributed by atoms with Crippen LogP contribution in [0.2, 0.25) is 0 Å². The number of rotatable bonds is 5. The van der Waals surface area contributed by atoms with E-state index in [2.05, 4.69) is 0 Å². The Morgan fingerprint density at radius 1 is 1.44 bits per heavy atom. The van der Waals surface area contributed by atoms with E-state index in [1.165, 1.54) is 12.1 Å². The average Bonchev–Trinajstić information content (AvgIpc) is 2.36. The van der Waals surface area contributed by atoms with E-state index < -0.39 is 0 Å². The minimum atomic E-state index is -0.268. The van der Waals surface area contributed by atoms with E-state index >= 15 is 0 Å². The van der Waals surface area contributed by atoms with E-state index in [0.717, 1.165) is 5.56 Å². The van der Waals surface area contributed by atoms with Crippen molar-refractivity contribution in [2.45, 2.75) is 32.2 Å². The Balaban J connectivity index is 2.65. The molecule has 100 valence electrons. The van der Waals surface area contributed by atoms with Crippen LogP contribution < -0.4 is 5.73 Å². The van der Waals surface area contributed by atoms with Gasteiger partial charge in [-0.25, -0.2) is 4.39 Å². The van der Waals surface area contributed by atoms with Crippen LogP contribution >= 0.6 is 0 Å². The second kappa shape index (κ2) is 6.50. The summed E-state index contributed by atoms with van der Waals surface area (Å²) in [7, 11) is 1.75. The van der Waals surface area contributed by atoms with E-state index in [-0.39, 0.29) is 23.7 Å². The fourth-order valence-electron chi connectivity index (χ4n) is 1.74. The van der Waals surface area contributed by atoms with E-state index in [4.69, 9.17) is 5.73 Å². The van der Waals surface area contributed by atoms with Gasteiger partial charge in [-0.1, -0.05) is 19.1 Å².